The summed E-state index contributed by atoms with van der Waals surface area (Å²) in [5.41, 5.74) is 1.79. The summed E-state index contributed by atoms with van der Waals surface area (Å²) in [7, 11) is 0. The number of benzene rings is 3. The Bertz CT molecular complexity index is 1330. The zero-order chi connectivity index (χ0) is 23.2. The number of carbonyl (C=O) groups excluding carboxylic acids is 2. The van der Waals surface area contributed by atoms with Crippen molar-refractivity contribution in [2.24, 2.45) is 0 Å². The molecule has 4 rings (SSSR count). The molecule has 0 spiro atoms. The van der Waals surface area contributed by atoms with Gasteiger partial charge >= 0.3 is 5.97 Å². The molecule has 0 aliphatic heterocycles. The minimum atomic E-state index is -1.07. The van der Waals surface area contributed by atoms with E-state index in [2.05, 4.69) is 10.3 Å². The number of H-pyrrole nitrogens is 1. The van der Waals surface area contributed by atoms with Gasteiger partial charge < -0.3 is 19.8 Å². The molecule has 0 saturated carbocycles. The summed E-state index contributed by atoms with van der Waals surface area (Å²) in [6, 6.07) is 24.8. The summed E-state index contributed by atoms with van der Waals surface area (Å²) >= 11 is 0. The number of pyridine rings is 1. The Morgan fingerprint density at radius 1 is 0.939 bits per heavy atom. The number of para-hydroxylation sites is 1. The molecule has 0 fully saturated rings. The highest BCUT2D eigenvalue weighted by Gasteiger charge is 2.21. The molecule has 1 atom stereocenters. The molecule has 1 amide bonds. The van der Waals surface area contributed by atoms with Crippen molar-refractivity contribution in [1.29, 1.82) is 0 Å². The van der Waals surface area contributed by atoms with E-state index in [9.17, 15) is 14.4 Å². The molecule has 33 heavy (non-hydrogen) atoms. The summed E-state index contributed by atoms with van der Waals surface area (Å²) in [5.74, 6) is -0.572. The molecule has 2 N–H and O–H groups in total. The largest absolute Gasteiger partial charge is 0.489 e. The highest BCUT2D eigenvalue weighted by Crippen LogP contribution is 2.19. The van der Waals surface area contributed by atoms with E-state index in [-0.39, 0.29) is 5.56 Å². The fourth-order valence-corrected chi connectivity index (χ4v) is 3.27. The van der Waals surface area contributed by atoms with Gasteiger partial charge in [0.25, 0.3) is 5.91 Å². The van der Waals surface area contributed by atoms with Gasteiger partial charge in [-0.05, 0) is 42.8 Å². The lowest BCUT2D eigenvalue weighted by Gasteiger charge is -2.14. The number of carbonyl (C=O) groups is 2. The topological polar surface area (TPSA) is 97.5 Å². The van der Waals surface area contributed by atoms with Crippen LogP contribution in [-0.2, 0) is 16.1 Å². The first-order valence-corrected chi connectivity index (χ1v) is 10.4. The van der Waals surface area contributed by atoms with Crippen LogP contribution in [-0.4, -0.2) is 23.0 Å². The van der Waals surface area contributed by atoms with Crippen molar-refractivity contribution in [1.82, 2.24) is 4.98 Å². The van der Waals surface area contributed by atoms with E-state index in [1.165, 1.54) is 13.0 Å². The van der Waals surface area contributed by atoms with Gasteiger partial charge in [-0.25, -0.2) is 4.79 Å². The Balaban J connectivity index is 1.36. The number of aromatic nitrogens is 1. The number of fused-ring (bicyclic) bond motifs is 1. The monoisotopic (exact) mass is 442 g/mol. The van der Waals surface area contributed by atoms with Crippen LogP contribution < -0.4 is 15.6 Å². The minimum absolute atomic E-state index is 0.105. The van der Waals surface area contributed by atoms with Gasteiger partial charge in [-0.2, -0.15) is 0 Å². The Morgan fingerprint density at radius 3 is 2.39 bits per heavy atom. The van der Waals surface area contributed by atoms with E-state index in [0.717, 1.165) is 5.56 Å². The number of amides is 1. The molecule has 7 heteroatoms. The number of anilines is 1. The fourth-order valence-electron chi connectivity index (χ4n) is 3.27. The number of hydrogen-bond donors (Lipinski definition) is 2. The molecule has 0 radical (unpaired) electrons. The van der Waals surface area contributed by atoms with Gasteiger partial charge in [0.15, 0.2) is 6.10 Å². The van der Waals surface area contributed by atoms with E-state index >= 15 is 0 Å². The lowest BCUT2D eigenvalue weighted by atomic mass is 10.1. The molecular formula is C26H22N2O5. The Hall–Kier alpha value is -4.39. The molecule has 1 unspecified atom stereocenters. The second-order valence-electron chi connectivity index (χ2n) is 7.43. The Morgan fingerprint density at radius 2 is 1.64 bits per heavy atom. The summed E-state index contributed by atoms with van der Waals surface area (Å²) in [4.78, 5) is 39.7. The van der Waals surface area contributed by atoms with Gasteiger partial charge in [-0.15, -0.1) is 0 Å². The Kier molecular flexibility index (Phi) is 6.50. The second-order valence-corrected chi connectivity index (χ2v) is 7.43. The predicted octanol–water partition coefficient (Wildman–Crippen LogP) is 4.29. The van der Waals surface area contributed by atoms with E-state index in [4.69, 9.17) is 9.47 Å². The Labute approximate surface area is 190 Å². The highest BCUT2D eigenvalue weighted by atomic mass is 16.5. The lowest BCUT2D eigenvalue weighted by molar-refractivity contribution is -0.123. The molecule has 4 aromatic rings. The van der Waals surface area contributed by atoms with Crippen LogP contribution in [0.5, 0.6) is 5.75 Å². The van der Waals surface area contributed by atoms with E-state index < -0.39 is 23.5 Å². The standard InChI is InChI=1S/C26H22N2O5/c1-17(33-26(31)22-15-24(29)28-23-10-6-5-9-21(22)23)25(30)27-19-11-13-20(14-12-19)32-16-18-7-3-2-4-8-18/h2-15,17H,16H2,1H3,(H,27,30)(H,28,29). The maximum absolute atomic E-state index is 12.6. The van der Waals surface area contributed by atoms with Crippen LogP contribution in [0.25, 0.3) is 10.9 Å². The molecule has 0 saturated heterocycles. The van der Waals surface area contributed by atoms with E-state index in [0.29, 0.717) is 28.9 Å². The summed E-state index contributed by atoms with van der Waals surface area (Å²) in [6.45, 7) is 1.91. The van der Waals surface area contributed by atoms with Crippen LogP contribution in [0.3, 0.4) is 0 Å². The van der Waals surface area contributed by atoms with Crippen LogP contribution in [0.2, 0.25) is 0 Å². The number of esters is 1. The number of ether oxygens (including phenoxy) is 2. The maximum Gasteiger partial charge on any atom is 0.339 e. The molecule has 166 valence electrons. The number of aromatic amines is 1. The van der Waals surface area contributed by atoms with Crippen LogP contribution in [0.4, 0.5) is 5.69 Å². The lowest BCUT2D eigenvalue weighted by Crippen LogP contribution is -2.30. The summed E-state index contributed by atoms with van der Waals surface area (Å²) < 4.78 is 11.1. The van der Waals surface area contributed by atoms with Gasteiger partial charge in [0.05, 0.1) is 5.56 Å². The van der Waals surface area contributed by atoms with Crippen molar-refractivity contribution >= 4 is 28.5 Å². The maximum atomic E-state index is 12.6. The van der Waals surface area contributed by atoms with E-state index in [1.54, 1.807) is 48.5 Å². The van der Waals surface area contributed by atoms with Gasteiger partial charge in [-0.3, -0.25) is 9.59 Å². The quantitative estimate of drug-likeness (QED) is 0.416. The van der Waals surface area contributed by atoms with Crippen molar-refractivity contribution in [2.75, 3.05) is 5.32 Å². The first-order chi connectivity index (χ1) is 16.0. The third kappa shape index (κ3) is 5.46. The molecule has 3 aromatic carbocycles. The average Bonchev–Trinajstić information content (AvgIpc) is 2.83. The zero-order valence-corrected chi connectivity index (χ0v) is 17.9. The summed E-state index contributed by atoms with van der Waals surface area (Å²) in [5, 5.41) is 3.25. The van der Waals surface area contributed by atoms with Gasteiger partial charge in [0.2, 0.25) is 5.56 Å². The van der Waals surface area contributed by atoms with Crippen molar-refractivity contribution in [3.63, 3.8) is 0 Å². The minimum Gasteiger partial charge on any atom is -0.489 e. The molecule has 1 heterocycles. The van der Waals surface area contributed by atoms with Crippen LogP contribution >= 0.6 is 0 Å². The third-order valence-corrected chi connectivity index (χ3v) is 4.99. The first kappa shape index (κ1) is 21.8. The molecular weight excluding hydrogens is 420 g/mol. The van der Waals surface area contributed by atoms with E-state index in [1.807, 2.05) is 30.3 Å². The SMILES string of the molecule is CC(OC(=O)c1cc(=O)[nH]c2ccccc12)C(=O)Nc1ccc(OCc2ccccc2)cc1. The number of hydrogen-bond acceptors (Lipinski definition) is 5. The highest BCUT2D eigenvalue weighted by molar-refractivity contribution is 6.04. The summed E-state index contributed by atoms with van der Waals surface area (Å²) in [6.07, 6.45) is -1.07. The van der Waals surface area contributed by atoms with Gasteiger partial charge in [0.1, 0.15) is 12.4 Å². The zero-order valence-electron chi connectivity index (χ0n) is 17.9. The van der Waals surface area contributed by atoms with Crippen molar-refractivity contribution in [3.05, 3.63) is 106 Å². The van der Waals surface area contributed by atoms with Crippen LogP contribution in [0.1, 0.15) is 22.8 Å². The molecule has 0 bridgehead atoms. The van der Waals surface area contributed by atoms with Crippen LogP contribution in [0.15, 0.2) is 89.7 Å². The van der Waals surface area contributed by atoms with Crippen molar-refractivity contribution < 1.29 is 19.1 Å². The number of rotatable bonds is 7. The average molecular weight is 442 g/mol. The third-order valence-electron chi connectivity index (χ3n) is 4.99. The van der Waals surface area contributed by atoms with Crippen molar-refractivity contribution in [2.45, 2.75) is 19.6 Å². The smallest absolute Gasteiger partial charge is 0.339 e. The number of nitrogens with one attached hydrogen (secondary N) is 2. The molecule has 7 nitrogen and oxygen atoms in total. The first-order valence-electron chi connectivity index (χ1n) is 10.4. The normalized spacial score (nSPS) is 11.5. The molecule has 1 aromatic heterocycles. The second kappa shape index (κ2) is 9.82. The predicted molar refractivity (Wildman–Crippen MR) is 125 cm³/mol. The van der Waals surface area contributed by atoms with Crippen molar-refractivity contribution in [3.8, 4) is 5.75 Å². The van der Waals surface area contributed by atoms with Gasteiger partial charge in [0, 0.05) is 22.7 Å². The van der Waals surface area contributed by atoms with Gasteiger partial charge in [-0.1, -0.05) is 48.5 Å². The fraction of sp³-hybridized carbons (Fsp3) is 0.115. The molecule has 0 aliphatic carbocycles. The molecule has 0 aliphatic rings. The van der Waals surface area contributed by atoms with Crippen LogP contribution in [0, 0.1) is 0 Å².